The molecule has 2 nitrogen and oxygen atoms in total. The number of ether oxygens (including phenoxy) is 1. The average Bonchev–Trinajstić information content (AvgIpc) is 2.36. The van der Waals surface area contributed by atoms with E-state index in [0.717, 1.165) is 16.5 Å². The van der Waals surface area contributed by atoms with Crippen LogP contribution in [-0.2, 0) is 0 Å². The van der Waals surface area contributed by atoms with Crippen molar-refractivity contribution in [3.8, 4) is 5.75 Å². The zero-order valence-electron chi connectivity index (χ0n) is 9.07. The van der Waals surface area contributed by atoms with Gasteiger partial charge in [-0.1, -0.05) is 30.8 Å². The minimum Gasteiger partial charge on any atom is -0.496 e. The van der Waals surface area contributed by atoms with Gasteiger partial charge in [-0.3, -0.25) is 4.79 Å². The number of carbonyl (C=O) groups is 1. The highest BCUT2D eigenvalue weighted by molar-refractivity contribution is 6.14. The molecule has 2 heteroatoms. The van der Waals surface area contributed by atoms with Crippen molar-refractivity contribution in [3.63, 3.8) is 0 Å². The Labute approximate surface area is 94.2 Å². The highest BCUT2D eigenvalue weighted by Crippen LogP contribution is 2.28. The predicted molar refractivity (Wildman–Crippen MR) is 65.0 cm³/mol. The summed E-state index contributed by atoms with van der Waals surface area (Å²) in [5.41, 5.74) is 0.659. The molecule has 0 saturated carbocycles. The van der Waals surface area contributed by atoms with E-state index < -0.39 is 0 Å². The van der Waals surface area contributed by atoms with Crippen LogP contribution in [0.3, 0.4) is 0 Å². The lowest BCUT2D eigenvalue weighted by atomic mass is 10.0. The number of allylic oxidation sites excluding steroid dienone is 1. The molecule has 0 fully saturated rings. The maximum absolute atomic E-state index is 11.7. The van der Waals surface area contributed by atoms with E-state index in [-0.39, 0.29) is 5.78 Å². The number of methoxy groups -OCH3 is 1. The first-order valence-electron chi connectivity index (χ1n) is 5.00. The molecule has 80 valence electrons. The van der Waals surface area contributed by atoms with Gasteiger partial charge in [-0.15, -0.1) is 0 Å². The van der Waals surface area contributed by atoms with Crippen molar-refractivity contribution in [3.05, 3.63) is 54.6 Å². The summed E-state index contributed by atoms with van der Waals surface area (Å²) in [6.45, 7) is 3.51. The van der Waals surface area contributed by atoms with Gasteiger partial charge >= 0.3 is 0 Å². The van der Waals surface area contributed by atoms with Crippen molar-refractivity contribution >= 4 is 16.6 Å². The standard InChI is InChI=1S/C14H12O2/c1-3-13(15)11-8-9-14(16-2)12-7-5-4-6-10(11)12/h3-9H,1H2,2H3. The second-order valence-electron chi connectivity index (χ2n) is 3.43. The summed E-state index contributed by atoms with van der Waals surface area (Å²) in [6.07, 6.45) is 1.33. The van der Waals surface area contributed by atoms with Crippen molar-refractivity contribution in [1.82, 2.24) is 0 Å². The summed E-state index contributed by atoms with van der Waals surface area (Å²) in [6, 6.07) is 11.3. The molecule has 0 N–H and O–H groups in total. The fraction of sp³-hybridized carbons (Fsp3) is 0.0714. The Morgan fingerprint density at radius 1 is 1.19 bits per heavy atom. The zero-order valence-corrected chi connectivity index (χ0v) is 9.07. The van der Waals surface area contributed by atoms with E-state index in [4.69, 9.17) is 4.74 Å². The Morgan fingerprint density at radius 3 is 2.50 bits per heavy atom. The first-order valence-corrected chi connectivity index (χ1v) is 5.00. The van der Waals surface area contributed by atoms with Gasteiger partial charge in [0.15, 0.2) is 5.78 Å². The van der Waals surface area contributed by atoms with E-state index in [1.807, 2.05) is 24.3 Å². The van der Waals surface area contributed by atoms with Crippen LogP contribution in [0.4, 0.5) is 0 Å². The van der Waals surface area contributed by atoms with Crippen LogP contribution in [-0.4, -0.2) is 12.9 Å². The number of fused-ring (bicyclic) bond motifs is 1. The van der Waals surface area contributed by atoms with E-state index >= 15 is 0 Å². The Balaban J connectivity index is 2.79. The molecule has 0 aliphatic rings. The molecular formula is C14H12O2. The second kappa shape index (κ2) is 4.19. The third-order valence-electron chi connectivity index (χ3n) is 2.55. The quantitative estimate of drug-likeness (QED) is 0.576. The van der Waals surface area contributed by atoms with E-state index in [0.29, 0.717) is 5.56 Å². The van der Waals surface area contributed by atoms with Crippen LogP contribution in [0.2, 0.25) is 0 Å². The Hall–Kier alpha value is -2.09. The second-order valence-corrected chi connectivity index (χ2v) is 3.43. The van der Waals surface area contributed by atoms with E-state index in [1.54, 1.807) is 19.2 Å². The fourth-order valence-corrected chi connectivity index (χ4v) is 1.77. The Bertz CT molecular complexity index is 556. The van der Waals surface area contributed by atoms with Gasteiger partial charge in [0.1, 0.15) is 5.75 Å². The average molecular weight is 212 g/mol. The van der Waals surface area contributed by atoms with Crippen molar-refractivity contribution in [2.45, 2.75) is 0 Å². The van der Waals surface area contributed by atoms with E-state index in [2.05, 4.69) is 6.58 Å². The molecule has 0 radical (unpaired) electrons. The molecule has 0 aromatic heterocycles. The van der Waals surface area contributed by atoms with E-state index in [1.165, 1.54) is 6.08 Å². The van der Waals surface area contributed by atoms with Gasteiger partial charge in [-0.05, 0) is 23.6 Å². The van der Waals surface area contributed by atoms with Gasteiger partial charge < -0.3 is 4.74 Å². The lowest BCUT2D eigenvalue weighted by molar-refractivity contribution is 0.104. The summed E-state index contributed by atoms with van der Waals surface area (Å²) >= 11 is 0. The van der Waals surface area contributed by atoms with Crippen LogP contribution in [0.25, 0.3) is 10.8 Å². The summed E-state index contributed by atoms with van der Waals surface area (Å²) in [4.78, 5) is 11.7. The monoisotopic (exact) mass is 212 g/mol. The topological polar surface area (TPSA) is 26.3 Å². The number of benzene rings is 2. The van der Waals surface area contributed by atoms with Crippen LogP contribution in [0.1, 0.15) is 10.4 Å². The number of ketones is 1. The SMILES string of the molecule is C=CC(=O)c1ccc(OC)c2ccccc12. The Morgan fingerprint density at radius 2 is 1.88 bits per heavy atom. The number of rotatable bonds is 3. The molecule has 0 aliphatic heterocycles. The van der Waals surface area contributed by atoms with Crippen molar-refractivity contribution in [2.24, 2.45) is 0 Å². The van der Waals surface area contributed by atoms with Crippen LogP contribution >= 0.6 is 0 Å². The largest absolute Gasteiger partial charge is 0.496 e. The third-order valence-corrected chi connectivity index (χ3v) is 2.55. The molecule has 0 bridgehead atoms. The summed E-state index contributed by atoms with van der Waals surface area (Å²) in [5, 5.41) is 1.84. The van der Waals surface area contributed by atoms with Gasteiger partial charge in [0.2, 0.25) is 0 Å². The van der Waals surface area contributed by atoms with Crippen molar-refractivity contribution < 1.29 is 9.53 Å². The first-order chi connectivity index (χ1) is 7.77. The molecule has 2 aromatic rings. The van der Waals surface area contributed by atoms with Crippen molar-refractivity contribution in [2.75, 3.05) is 7.11 Å². The molecule has 0 unspecified atom stereocenters. The van der Waals surface area contributed by atoms with Gasteiger partial charge in [0, 0.05) is 10.9 Å². The van der Waals surface area contributed by atoms with Gasteiger partial charge in [-0.2, -0.15) is 0 Å². The van der Waals surface area contributed by atoms with Crippen LogP contribution in [0.5, 0.6) is 5.75 Å². The number of hydrogen-bond donors (Lipinski definition) is 0. The molecule has 0 saturated heterocycles. The lowest BCUT2D eigenvalue weighted by Crippen LogP contribution is -1.96. The molecule has 0 amide bonds. The highest BCUT2D eigenvalue weighted by atomic mass is 16.5. The van der Waals surface area contributed by atoms with Gasteiger partial charge in [0.25, 0.3) is 0 Å². The minimum absolute atomic E-state index is 0.0705. The number of carbonyl (C=O) groups excluding carboxylic acids is 1. The third kappa shape index (κ3) is 1.58. The van der Waals surface area contributed by atoms with E-state index in [9.17, 15) is 4.79 Å². The van der Waals surface area contributed by atoms with Crippen LogP contribution < -0.4 is 4.74 Å². The molecule has 0 aliphatic carbocycles. The smallest absolute Gasteiger partial charge is 0.185 e. The predicted octanol–water partition coefficient (Wildman–Crippen LogP) is 3.22. The first kappa shape index (κ1) is 10.4. The molecule has 2 rings (SSSR count). The Kier molecular flexibility index (Phi) is 2.73. The fourth-order valence-electron chi connectivity index (χ4n) is 1.77. The molecule has 0 heterocycles. The summed E-state index contributed by atoms with van der Waals surface area (Å²) < 4.78 is 5.26. The molecule has 0 atom stereocenters. The summed E-state index contributed by atoms with van der Waals surface area (Å²) in [5.74, 6) is 0.704. The van der Waals surface area contributed by atoms with Gasteiger partial charge in [0.05, 0.1) is 7.11 Å². The molecule has 2 aromatic carbocycles. The zero-order chi connectivity index (χ0) is 11.5. The molecular weight excluding hydrogens is 200 g/mol. The highest BCUT2D eigenvalue weighted by Gasteiger charge is 2.09. The molecule has 0 spiro atoms. The normalized spacial score (nSPS) is 10.1. The number of hydrogen-bond acceptors (Lipinski definition) is 2. The maximum Gasteiger partial charge on any atom is 0.185 e. The minimum atomic E-state index is -0.0705. The molecule has 16 heavy (non-hydrogen) atoms. The van der Waals surface area contributed by atoms with Crippen molar-refractivity contribution in [1.29, 1.82) is 0 Å². The summed E-state index contributed by atoms with van der Waals surface area (Å²) in [7, 11) is 1.62. The van der Waals surface area contributed by atoms with Crippen LogP contribution in [0.15, 0.2) is 49.1 Å². The van der Waals surface area contributed by atoms with Crippen LogP contribution in [0, 0.1) is 0 Å². The maximum atomic E-state index is 11.7. The van der Waals surface area contributed by atoms with Gasteiger partial charge in [-0.25, -0.2) is 0 Å². The lowest BCUT2D eigenvalue weighted by Gasteiger charge is -2.08.